The van der Waals surface area contributed by atoms with E-state index >= 15 is 0 Å². The molecule has 0 saturated heterocycles. The number of aryl methyl sites for hydroxylation is 3. The van der Waals surface area contributed by atoms with Crippen molar-refractivity contribution in [3.8, 4) is 6.07 Å². The maximum Gasteiger partial charge on any atom is 0.314 e. The topological polar surface area (TPSA) is 95.1 Å². The highest BCUT2D eigenvalue weighted by atomic mass is 16.2. The summed E-state index contributed by atoms with van der Waals surface area (Å²) >= 11 is 0. The SMILES string of the molecule is CCCC(C)NC(=O)NCCCc1nn2c(C)cc(C)nc2c1C#N. The van der Waals surface area contributed by atoms with E-state index in [2.05, 4.69) is 33.7 Å². The fourth-order valence-electron chi connectivity index (χ4n) is 2.89. The van der Waals surface area contributed by atoms with Crippen molar-refractivity contribution in [1.82, 2.24) is 25.2 Å². The molecule has 2 amide bonds. The molecule has 0 aliphatic rings. The summed E-state index contributed by atoms with van der Waals surface area (Å²) in [5.74, 6) is 0. The van der Waals surface area contributed by atoms with E-state index in [1.165, 1.54) is 0 Å². The Kier molecular flexibility index (Phi) is 6.34. The fraction of sp³-hybridized carbons (Fsp3) is 0.556. The van der Waals surface area contributed by atoms with Crippen molar-refractivity contribution < 1.29 is 4.79 Å². The monoisotopic (exact) mass is 342 g/mol. The molecule has 0 spiro atoms. The molecule has 2 N–H and O–H groups in total. The first kappa shape index (κ1) is 18.7. The molecule has 2 aromatic heterocycles. The molecule has 2 rings (SSSR count). The maximum atomic E-state index is 11.8. The number of hydrogen-bond acceptors (Lipinski definition) is 4. The molecule has 7 heteroatoms. The van der Waals surface area contributed by atoms with Crippen molar-refractivity contribution >= 4 is 11.7 Å². The number of nitrogens with zero attached hydrogens (tertiary/aromatic N) is 4. The predicted octanol–water partition coefficient (Wildman–Crippen LogP) is 2.64. The van der Waals surface area contributed by atoms with Gasteiger partial charge in [-0.3, -0.25) is 0 Å². The molecule has 0 bridgehead atoms. The third-order valence-corrected chi connectivity index (χ3v) is 4.05. The van der Waals surface area contributed by atoms with Gasteiger partial charge in [0.25, 0.3) is 0 Å². The number of hydrogen-bond donors (Lipinski definition) is 2. The number of nitrogens with one attached hydrogen (secondary N) is 2. The van der Waals surface area contributed by atoms with Crippen LogP contribution in [0.15, 0.2) is 6.07 Å². The van der Waals surface area contributed by atoms with Gasteiger partial charge >= 0.3 is 6.03 Å². The van der Waals surface area contributed by atoms with Crippen molar-refractivity contribution in [2.75, 3.05) is 6.54 Å². The molecule has 7 nitrogen and oxygen atoms in total. The van der Waals surface area contributed by atoms with E-state index in [0.717, 1.165) is 29.9 Å². The van der Waals surface area contributed by atoms with Crippen LogP contribution in [0.25, 0.3) is 5.65 Å². The fourth-order valence-corrected chi connectivity index (χ4v) is 2.89. The molecule has 0 fully saturated rings. The van der Waals surface area contributed by atoms with E-state index in [1.54, 1.807) is 4.52 Å². The summed E-state index contributed by atoms with van der Waals surface area (Å²) in [7, 11) is 0. The van der Waals surface area contributed by atoms with Gasteiger partial charge in [-0.15, -0.1) is 0 Å². The second kappa shape index (κ2) is 8.47. The molecule has 0 aliphatic carbocycles. The van der Waals surface area contributed by atoms with Crippen molar-refractivity contribution in [2.45, 2.75) is 59.4 Å². The summed E-state index contributed by atoms with van der Waals surface area (Å²) in [6, 6.07) is 4.18. The zero-order valence-corrected chi connectivity index (χ0v) is 15.4. The van der Waals surface area contributed by atoms with Gasteiger partial charge in [0.1, 0.15) is 11.6 Å². The highest BCUT2D eigenvalue weighted by molar-refractivity contribution is 5.74. The lowest BCUT2D eigenvalue weighted by atomic mass is 10.1. The molecular formula is C18H26N6O. The second-order valence-electron chi connectivity index (χ2n) is 6.40. The Bertz CT molecular complexity index is 789. The molecule has 2 aromatic rings. The first-order valence-electron chi connectivity index (χ1n) is 8.76. The smallest absolute Gasteiger partial charge is 0.314 e. The number of rotatable bonds is 7. The van der Waals surface area contributed by atoms with Crippen LogP contribution in [-0.4, -0.2) is 33.2 Å². The van der Waals surface area contributed by atoms with Crippen LogP contribution in [-0.2, 0) is 6.42 Å². The number of carbonyl (C=O) groups excluding carboxylic acids is 1. The average Bonchev–Trinajstić information content (AvgIpc) is 2.89. The third-order valence-electron chi connectivity index (χ3n) is 4.05. The molecule has 1 unspecified atom stereocenters. The standard InChI is InChI=1S/C18H26N6O/c1-5-7-12(2)22-18(25)20-9-6-8-16-15(11-19)17-21-13(3)10-14(4)24(17)23-16/h10,12H,5-9H2,1-4H3,(H2,20,22,25). The van der Waals surface area contributed by atoms with Gasteiger partial charge in [-0.2, -0.15) is 10.4 Å². The Morgan fingerprint density at radius 3 is 2.88 bits per heavy atom. The van der Waals surface area contributed by atoms with E-state index < -0.39 is 0 Å². The minimum atomic E-state index is -0.149. The van der Waals surface area contributed by atoms with Crippen molar-refractivity contribution in [2.24, 2.45) is 0 Å². The summed E-state index contributed by atoms with van der Waals surface area (Å²) in [4.78, 5) is 16.2. The minimum Gasteiger partial charge on any atom is -0.338 e. The molecule has 134 valence electrons. The molecule has 2 heterocycles. The zero-order chi connectivity index (χ0) is 18.4. The summed E-state index contributed by atoms with van der Waals surface area (Å²) in [6.07, 6.45) is 3.34. The predicted molar refractivity (Wildman–Crippen MR) is 96.4 cm³/mol. The van der Waals surface area contributed by atoms with Crippen LogP contribution in [0.5, 0.6) is 0 Å². The lowest BCUT2D eigenvalue weighted by Crippen LogP contribution is -2.41. The number of nitriles is 1. The Hall–Kier alpha value is -2.62. The molecular weight excluding hydrogens is 316 g/mol. The van der Waals surface area contributed by atoms with E-state index in [1.807, 2.05) is 26.8 Å². The number of aromatic nitrogens is 3. The highest BCUT2D eigenvalue weighted by Gasteiger charge is 2.15. The van der Waals surface area contributed by atoms with Gasteiger partial charge in [0, 0.05) is 24.0 Å². The maximum absolute atomic E-state index is 11.8. The summed E-state index contributed by atoms with van der Waals surface area (Å²) < 4.78 is 1.72. The van der Waals surface area contributed by atoms with E-state index in [4.69, 9.17) is 0 Å². The first-order valence-corrected chi connectivity index (χ1v) is 8.76. The Morgan fingerprint density at radius 1 is 1.44 bits per heavy atom. The van der Waals surface area contributed by atoms with Crippen LogP contribution in [0.4, 0.5) is 4.79 Å². The van der Waals surface area contributed by atoms with Crippen LogP contribution in [0, 0.1) is 25.2 Å². The van der Waals surface area contributed by atoms with Gasteiger partial charge in [0.2, 0.25) is 0 Å². The van der Waals surface area contributed by atoms with Crippen molar-refractivity contribution in [1.29, 1.82) is 5.26 Å². The Morgan fingerprint density at radius 2 is 2.20 bits per heavy atom. The molecule has 0 radical (unpaired) electrons. The summed E-state index contributed by atoms with van der Waals surface area (Å²) in [5, 5.41) is 19.7. The van der Waals surface area contributed by atoms with Crippen LogP contribution in [0.2, 0.25) is 0 Å². The summed E-state index contributed by atoms with van der Waals surface area (Å²) in [5.41, 5.74) is 3.67. The van der Waals surface area contributed by atoms with E-state index in [9.17, 15) is 10.1 Å². The average molecular weight is 342 g/mol. The minimum absolute atomic E-state index is 0.149. The van der Waals surface area contributed by atoms with Gasteiger partial charge in [0.15, 0.2) is 5.65 Å². The van der Waals surface area contributed by atoms with Gasteiger partial charge in [-0.05, 0) is 46.1 Å². The Balaban J connectivity index is 1.94. The molecule has 1 atom stereocenters. The number of urea groups is 1. The normalized spacial score (nSPS) is 12.0. The van der Waals surface area contributed by atoms with E-state index in [-0.39, 0.29) is 12.1 Å². The third kappa shape index (κ3) is 4.69. The molecule has 25 heavy (non-hydrogen) atoms. The lowest BCUT2D eigenvalue weighted by molar-refractivity contribution is 0.237. The summed E-state index contributed by atoms with van der Waals surface area (Å²) in [6.45, 7) is 8.48. The molecule has 0 saturated carbocycles. The van der Waals surface area contributed by atoms with Crippen LogP contribution in [0.1, 0.15) is 55.8 Å². The van der Waals surface area contributed by atoms with Crippen molar-refractivity contribution in [3.05, 3.63) is 28.7 Å². The quantitative estimate of drug-likeness (QED) is 0.756. The van der Waals surface area contributed by atoms with E-state index in [0.29, 0.717) is 30.6 Å². The van der Waals surface area contributed by atoms with Crippen LogP contribution < -0.4 is 10.6 Å². The lowest BCUT2D eigenvalue weighted by Gasteiger charge is -2.13. The number of amides is 2. The van der Waals surface area contributed by atoms with Crippen LogP contribution >= 0.6 is 0 Å². The largest absolute Gasteiger partial charge is 0.338 e. The highest BCUT2D eigenvalue weighted by Crippen LogP contribution is 2.17. The Labute approximate surface area is 148 Å². The number of carbonyl (C=O) groups is 1. The van der Waals surface area contributed by atoms with Gasteiger partial charge < -0.3 is 10.6 Å². The van der Waals surface area contributed by atoms with Gasteiger partial charge in [-0.25, -0.2) is 14.3 Å². The van der Waals surface area contributed by atoms with Crippen LogP contribution in [0.3, 0.4) is 0 Å². The van der Waals surface area contributed by atoms with Gasteiger partial charge in [-0.1, -0.05) is 13.3 Å². The molecule has 0 aromatic carbocycles. The van der Waals surface area contributed by atoms with Crippen molar-refractivity contribution in [3.63, 3.8) is 0 Å². The first-order chi connectivity index (χ1) is 12.0. The second-order valence-corrected chi connectivity index (χ2v) is 6.40. The zero-order valence-electron chi connectivity index (χ0n) is 15.4. The van der Waals surface area contributed by atoms with Gasteiger partial charge in [0.05, 0.1) is 5.69 Å². The molecule has 0 aliphatic heterocycles. The number of fused-ring (bicyclic) bond motifs is 1.